The Bertz CT molecular complexity index is 873. The van der Waals surface area contributed by atoms with Crippen LogP contribution in [0.3, 0.4) is 0 Å². The van der Waals surface area contributed by atoms with Crippen LogP contribution in [-0.4, -0.2) is 22.8 Å². The van der Waals surface area contributed by atoms with Gasteiger partial charge in [0.15, 0.2) is 5.69 Å². The average Bonchev–Trinajstić information content (AvgIpc) is 3.06. The highest BCUT2D eigenvalue weighted by Gasteiger charge is 2.15. The predicted molar refractivity (Wildman–Crippen MR) is 99.1 cm³/mol. The molecule has 1 aromatic heterocycles. The van der Waals surface area contributed by atoms with Gasteiger partial charge in [-0.15, -0.1) is 0 Å². The van der Waals surface area contributed by atoms with Crippen LogP contribution >= 0.6 is 15.9 Å². The van der Waals surface area contributed by atoms with Crippen LogP contribution in [0, 0.1) is 0 Å². The molecule has 1 heterocycles. The minimum absolute atomic E-state index is 0.272. The van der Waals surface area contributed by atoms with Gasteiger partial charge < -0.3 is 4.74 Å². The molecular weight excluding hydrogens is 384 g/mol. The van der Waals surface area contributed by atoms with Crippen LogP contribution in [0.15, 0.2) is 59.1 Å². The Morgan fingerprint density at radius 3 is 2.48 bits per heavy atom. The molecule has 0 aliphatic rings. The standard InChI is InChI=1S/C18H17BrN4O2/c1-25-15-8-2-12(3-9-15)11-23-17(10-16(22-23)18(24)21-20)13-4-6-14(19)7-5-13/h2-10H,11,20H2,1H3,(H,21,24). The molecule has 0 spiro atoms. The first kappa shape index (κ1) is 17.2. The monoisotopic (exact) mass is 400 g/mol. The zero-order chi connectivity index (χ0) is 17.8. The summed E-state index contributed by atoms with van der Waals surface area (Å²) >= 11 is 3.43. The second-order valence-electron chi connectivity index (χ2n) is 5.40. The van der Waals surface area contributed by atoms with Crippen LogP contribution in [0.2, 0.25) is 0 Å². The van der Waals surface area contributed by atoms with E-state index in [1.807, 2.05) is 48.5 Å². The molecule has 0 atom stereocenters. The average molecular weight is 401 g/mol. The number of nitrogens with one attached hydrogen (secondary N) is 1. The lowest BCUT2D eigenvalue weighted by Gasteiger charge is -2.09. The van der Waals surface area contributed by atoms with Crippen molar-refractivity contribution in [2.45, 2.75) is 6.54 Å². The molecule has 7 heteroatoms. The van der Waals surface area contributed by atoms with Gasteiger partial charge >= 0.3 is 0 Å². The van der Waals surface area contributed by atoms with Crippen LogP contribution in [-0.2, 0) is 6.54 Å². The first-order valence-corrected chi connectivity index (χ1v) is 8.37. The lowest BCUT2D eigenvalue weighted by molar-refractivity contribution is 0.0948. The molecule has 3 aromatic rings. The summed E-state index contributed by atoms with van der Waals surface area (Å²) in [6, 6.07) is 17.3. The highest BCUT2D eigenvalue weighted by molar-refractivity contribution is 9.10. The normalized spacial score (nSPS) is 10.5. The van der Waals surface area contributed by atoms with E-state index in [4.69, 9.17) is 10.6 Å². The maximum Gasteiger partial charge on any atom is 0.285 e. The van der Waals surface area contributed by atoms with Gasteiger partial charge in [-0.3, -0.25) is 14.9 Å². The smallest absolute Gasteiger partial charge is 0.285 e. The number of nitrogen functional groups attached to an aromatic ring is 1. The van der Waals surface area contributed by atoms with Crippen molar-refractivity contribution in [3.05, 3.63) is 70.3 Å². The topological polar surface area (TPSA) is 82.2 Å². The molecule has 25 heavy (non-hydrogen) atoms. The maximum atomic E-state index is 11.9. The number of carbonyl (C=O) groups excluding carboxylic acids is 1. The molecule has 1 amide bonds. The highest BCUT2D eigenvalue weighted by Crippen LogP contribution is 2.24. The number of nitrogens with zero attached hydrogens (tertiary/aromatic N) is 2. The van der Waals surface area contributed by atoms with Gasteiger partial charge in [0.2, 0.25) is 0 Å². The Balaban J connectivity index is 1.99. The number of halogens is 1. The zero-order valence-electron chi connectivity index (χ0n) is 13.6. The molecule has 3 N–H and O–H groups in total. The Hall–Kier alpha value is -2.64. The molecule has 0 unspecified atom stereocenters. The lowest BCUT2D eigenvalue weighted by Crippen LogP contribution is -2.30. The number of nitrogens with two attached hydrogens (primary N) is 1. The van der Waals surface area contributed by atoms with Gasteiger partial charge in [0.25, 0.3) is 5.91 Å². The summed E-state index contributed by atoms with van der Waals surface area (Å²) in [6.45, 7) is 0.521. The van der Waals surface area contributed by atoms with Crippen molar-refractivity contribution in [1.29, 1.82) is 0 Å². The van der Waals surface area contributed by atoms with E-state index in [9.17, 15) is 4.79 Å². The molecular formula is C18H17BrN4O2. The predicted octanol–water partition coefficient (Wildman–Crippen LogP) is 2.97. The first-order valence-electron chi connectivity index (χ1n) is 7.58. The van der Waals surface area contributed by atoms with E-state index in [1.54, 1.807) is 17.9 Å². The summed E-state index contributed by atoms with van der Waals surface area (Å²) in [5.41, 5.74) is 5.23. The van der Waals surface area contributed by atoms with Gasteiger partial charge in [0.1, 0.15) is 5.75 Å². The highest BCUT2D eigenvalue weighted by atomic mass is 79.9. The number of methoxy groups -OCH3 is 1. The van der Waals surface area contributed by atoms with Gasteiger partial charge in [0.05, 0.1) is 19.3 Å². The third kappa shape index (κ3) is 3.89. The number of aromatic nitrogens is 2. The van der Waals surface area contributed by atoms with Crippen molar-refractivity contribution in [3.8, 4) is 17.0 Å². The number of hydrazine groups is 1. The van der Waals surface area contributed by atoms with Crippen LogP contribution in [0.25, 0.3) is 11.3 Å². The van der Waals surface area contributed by atoms with Crippen molar-refractivity contribution in [2.24, 2.45) is 5.84 Å². The van der Waals surface area contributed by atoms with E-state index < -0.39 is 5.91 Å². The van der Waals surface area contributed by atoms with Crippen molar-refractivity contribution in [3.63, 3.8) is 0 Å². The fraction of sp³-hybridized carbons (Fsp3) is 0.111. The van der Waals surface area contributed by atoms with E-state index in [1.165, 1.54) is 0 Å². The summed E-state index contributed by atoms with van der Waals surface area (Å²) < 4.78 is 7.95. The number of hydrogen-bond donors (Lipinski definition) is 2. The minimum atomic E-state index is -0.424. The van der Waals surface area contributed by atoms with E-state index in [-0.39, 0.29) is 5.69 Å². The van der Waals surface area contributed by atoms with E-state index in [0.717, 1.165) is 27.0 Å². The Morgan fingerprint density at radius 2 is 1.88 bits per heavy atom. The summed E-state index contributed by atoms with van der Waals surface area (Å²) in [6.07, 6.45) is 0. The third-order valence-corrected chi connectivity index (χ3v) is 4.30. The maximum absolute atomic E-state index is 11.9. The van der Waals surface area contributed by atoms with E-state index >= 15 is 0 Å². The fourth-order valence-electron chi connectivity index (χ4n) is 2.48. The molecule has 2 aromatic carbocycles. The number of benzene rings is 2. The summed E-state index contributed by atoms with van der Waals surface area (Å²) in [5, 5.41) is 4.40. The van der Waals surface area contributed by atoms with Crippen LogP contribution in [0.4, 0.5) is 0 Å². The van der Waals surface area contributed by atoms with Crippen molar-refractivity contribution in [2.75, 3.05) is 7.11 Å². The molecule has 0 bridgehead atoms. The molecule has 0 radical (unpaired) electrons. The van der Waals surface area contributed by atoms with Crippen molar-refractivity contribution >= 4 is 21.8 Å². The van der Waals surface area contributed by atoms with Gasteiger partial charge in [0, 0.05) is 4.47 Å². The second kappa shape index (κ2) is 7.50. The quantitative estimate of drug-likeness (QED) is 0.391. The molecule has 0 saturated carbocycles. The van der Waals surface area contributed by atoms with E-state index in [2.05, 4.69) is 26.5 Å². The van der Waals surface area contributed by atoms with Gasteiger partial charge in [-0.2, -0.15) is 5.10 Å². The molecule has 128 valence electrons. The number of hydrogen-bond acceptors (Lipinski definition) is 4. The molecule has 0 fully saturated rings. The molecule has 0 aliphatic heterocycles. The number of amides is 1. The first-order chi connectivity index (χ1) is 12.1. The Kier molecular flexibility index (Phi) is 5.16. The summed E-state index contributed by atoms with van der Waals surface area (Å²) in [7, 11) is 1.63. The van der Waals surface area contributed by atoms with Crippen LogP contribution in [0.5, 0.6) is 5.75 Å². The van der Waals surface area contributed by atoms with Gasteiger partial charge in [-0.05, 0) is 41.5 Å². The van der Waals surface area contributed by atoms with Gasteiger partial charge in [-0.25, -0.2) is 5.84 Å². The molecule has 0 saturated heterocycles. The number of ether oxygens (including phenoxy) is 1. The van der Waals surface area contributed by atoms with E-state index in [0.29, 0.717) is 6.54 Å². The van der Waals surface area contributed by atoms with Crippen molar-refractivity contribution < 1.29 is 9.53 Å². The second-order valence-corrected chi connectivity index (χ2v) is 6.32. The van der Waals surface area contributed by atoms with Crippen LogP contribution in [0.1, 0.15) is 16.1 Å². The summed E-state index contributed by atoms with van der Waals surface area (Å²) in [5.74, 6) is 5.61. The molecule has 3 rings (SSSR count). The lowest BCUT2D eigenvalue weighted by atomic mass is 10.1. The number of rotatable bonds is 5. The van der Waals surface area contributed by atoms with Crippen molar-refractivity contribution in [1.82, 2.24) is 15.2 Å². The Morgan fingerprint density at radius 1 is 1.20 bits per heavy atom. The fourth-order valence-corrected chi connectivity index (χ4v) is 2.74. The largest absolute Gasteiger partial charge is 0.497 e. The minimum Gasteiger partial charge on any atom is -0.497 e. The molecule has 6 nitrogen and oxygen atoms in total. The Labute approximate surface area is 153 Å². The van der Waals surface area contributed by atoms with Gasteiger partial charge in [-0.1, -0.05) is 40.2 Å². The third-order valence-electron chi connectivity index (χ3n) is 3.78. The number of carbonyl (C=O) groups is 1. The SMILES string of the molecule is COc1ccc(Cn2nc(C(=O)NN)cc2-c2ccc(Br)cc2)cc1. The zero-order valence-corrected chi connectivity index (χ0v) is 15.2. The summed E-state index contributed by atoms with van der Waals surface area (Å²) in [4.78, 5) is 11.9. The molecule has 0 aliphatic carbocycles. The van der Waals surface area contributed by atoms with Crippen LogP contribution < -0.4 is 16.0 Å².